The summed E-state index contributed by atoms with van der Waals surface area (Å²) in [6, 6.07) is 0. The van der Waals surface area contributed by atoms with Crippen molar-refractivity contribution in [2.45, 2.75) is 50.2 Å². The predicted octanol–water partition coefficient (Wildman–Crippen LogP) is 1.17. The van der Waals surface area contributed by atoms with Gasteiger partial charge in [-0.05, 0) is 39.0 Å². The molecule has 2 aliphatic rings. The van der Waals surface area contributed by atoms with Gasteiger partial charge in [0.15, 0.2) is 0 Å². The molecule has 1 aliphatic heterocycles. The second-order valence-electron chi connectivity index (χ2n) is 6.02. The minimum absolute atomic E-state index is 0.0360. The summed E-state index contributed by atoms with van der Waals surface area (Å²) < 4.78 is 5.56. The molecule has 3 rings (SSSR count). The number of carboxylic acids is 1. The fourth-order valence-electron chi connectivity index (χ4n) is 2.93. The number of hydrogen-bond acceptors (Lipinski definition) is 4. The largest absolute Gasteiger partial charge is 0.477 e. The van der Waals surface area contributed by atoms with Crippen molar-refractivity contribution in [3.63, 3.8) is 0 Å². The van der Waals surface area contributed by atoms with Gasteiger partial charge in [-0.1, -0.05) is 0 Å². The molecule has 1 aromatic heterocycles. The van der Waals surface area contributed by atoms with Crippen molar-refractivity contribution in [1.29, 1.82) is 0 Å². The Hall–Kier alpha value is -1.89. The SMILES string of the molecule is CC1(C(=O)NC2(c3ncc(C(=O)O)[nH]3)CCC2)CCCO1. The van der Waals surface area contributed by atoms with Gasteiger partial charge in [0.25, 0.3) is 5.91 Å². The molecule has 2 heterocycles. The molecular weight excluding hydrogens is 274 g/mol. The second kappa shape index (κ2) is 4.84. The Morgan fingerprint density at radius 2 is 2.14 bits per heavy atom. The van der Waals surface area contributed by atoms with Gasteiger partial charge in [-0.15, -0.1) is 0 Å². The minimum atomic E-state index is -1.05. The summed E-state index contributed by atoms with van der Waals surface area (Å²) in [6.45, 7) is 2.40. The van der Waals surface area contributed by atoms with E-state index in [1.807, 2.05) is 0 Å². The molecule has 0 aromatic carbocycles. The summed E-state index contributed by atoms with van der Waals surface area (Å²) in [5, 5.41) is 12.0. The van der Waals surface area contributed by atoms with Gasteiger partial charge in [-0.3, -0.25) is 4.79 Å². The van der Waals surface area contributed by atoms with Crippen LogP contribution in [0.3, 0.4) is 0 Å². The Bertz CT molecular complexity index is 571. The molecule has 1 unspecified atom stereocenters. The van der Waals surface area contributed by atoms with Crippen molar-refractivity contribution < 1.29 is 19.4 Å². The van der Waals surface area contributed by atoms with Crippen molar-refractivity contribution in [2.75, 3.05) is 6.61 Å². The quantitative estimate of drug-likeness (QED) is 0.773. The monoisotopic (exact) mass is 293 g/mol. The number of carboxylic acid groups (broad SMARTS) is 1. The summed E-state index contributed by atoms with van der Waals surface area (Å²) >= 11 is 0. The maximum Gasteiger partial charge on any atom is 0.353 e. The predicted molar refractivity (Wildman–Crippen MR) is 72.8 cm³/mol. The van der Waals surface area contributed by atoms with E-state index in [1.54, 1.807) is 6.92 Å². The molecule has 0 bridgehead atoms. The lowest BCUT2D eigenvalue weighted by molar-refractivity contribution is -0.143. The standard InChI is InChI=1S/C14H19N3O4/c1-13(4-3-7-21-13)12(20)17-14(5-2-6-14)11-15-8-9(16-11)10(18)19/h8H,2-7H2,1H3,(H,15,16)(H,17,20)(H,18,19). The average Bonchev–Trinajstić information content (AvgIpc) is 3.03. The van der Waals surface area contributed by atoms with Crippen LogP contribution in [0.5, 0.6) is 0 Å². The summed E-state index contributed by atoms with van der Waals surface area (Å²) in [4.78, 5) is 30.4. The number of aromatic nitrogens is 2. The Morgan fingerprint density at radius 1 is 1.38 bits per heavy atom. The number of nitrogens with one attached hydrogen (secondary N) is 2. The van der Waals surface area contributed by atoms with Gasteiger partial charge in [0, 0.05) is 6.61 Å². The molecular formula is C14H19N3O4. The molecule has 1 saturated heterocycles. The normalized spacial score (nSPS) is 27.1. The number of carbonyl (C=O) groups is 2. The van der Waals surface area contributed by atoms with Gasteiger partial charge in [0.05, 0.1) is 11.7 Å². The van der Waals surface area contributed by atoms with Crippen LogP contribution in [-0.4, -0.2) is 39.2 Å². The van der Waals surface area contributed by atoms with Gasteiger partial charge in [-0.2, -0.15) is 0 Å². The zero-order valence-electron chi connectivity index (χ0n) is 11.9. The second-order valence-corrected chi connectivity index (χ2v) is 6.02. The smallest absolute Gasteiger partial charge is 0.353 e. The van der Waals surface area contributed by atoms with Crippen LogP contribution >= 0.6 is 0 Å². The molecule has 1 aliphatic carbocycles. The third-order valence-corrected chi connectivity index (χ3v) is 4.52. The zero-order valence-corrected chi connectivity index (χ0v) is 11.9. The molecule has 1 atom stereocenters. The number of H-pyrrole nitrogens is 1. The lowest BCUT2D eigenvalue weighted by atomic mass is 9.75. The van der Waals surface area contributed by atoms with Crippen LogP contribution in [0, 0.1) is 0 Å². The third kappa shape index (κ3) is 2.31. The number of ether oxygens (including phenoxy) is 1. The highest BCUT2D eigenvalue weighted by molar-refractivity contribution is 5.86. The highest BCUT2D eigenvalue weighted by Gasteiger charge is 2.47. The first-order valence-corrected chi connectivity index (χ1v) is 7.21. The maximum atomic E-state index is 12.5. The van der Waals surface area contributed by atoms with Crippen LogP contribution < -0.4 is 5.32 Å². The number of aromatic amines is 1. The highest BCUT2D eigenvalue weighted by Crippen LogP contribution is 2.41. The van der Waals surface area contributed by atoms with E-state index in [0.29, 0.717) is 18.9 Å². The van der Waals surface area contributed by atoms with Crippen molar-refractivity contribution >= 4 is 11.9 Å². The van der Waals surface area contributed by atoms with Gasteiger partial charge in [0.1, 0.15) is 17.1 Å². The maximum absolute atomic E-state index is 12.5. The van der Waals surface area contributed by atoms with Crippen molar-refractivity contribution in [1.82, 2.24) is 15.3 Å². The Balaban J connectivity index is 1.80. The molecule has 21 heavy (non-hydrogen) atoms. The average molecular weight is 293 g/mol. The van der Waals surface area contributed by atoms with E-state index in [1.165, 1.54) is 6.20 Å². The van der Waals surface area contributed by atoms with Gasteiger partial charge in [0.2, 0.25) is 0 Å². The molecule has 7 heteroatoms. The van der Waals surface area contributed by atoms with Crippen molar-refractivity contribution in [3.8, 4) is 0 Å². The molecule has 0 radical (unpaired) electrons. The topological polar surface area (TPSA) is 104 Å². The van der Waals surface area contributed by atoms with Gasteiger partial charge < -0.3 is 20.1 Å². The van der Waals surface area contributed by atoms with Crippen LogP contribution in [0.1, 0.15) is 55.3 Å². The molecule has 3 N–H and O–H groups in total. The van der Waals surface area contributed by atoms with Crippen LogP contribution in [0.2, 0.25) is 0 Å². The van der Waals surface area contributed by atoms with Crippen LogP contribution in [0.4, 0.5) is 0 Å². The summed E-state index contributed by atoms with van der Waals surface area (Å²) in [5.74, 6) is -0.685. The first kappa shape index (κ1) is 14.1. The van der Waals surface area contributed by atoms with E-state index < -0.39 is 17.1 Å². The summed E-state index contributed by atoms with van der Waals surface area (Å²) in [7, 11) is 0. The highest BCUT2D eigenvalue weighted by atomic mass is 16.5. The molecule has 0 spiro atoms. The van der Waals surface area contributed by atoms with E-state index in [-0.39, 0.29) is 11.6 Å². The fourth-order valence-corrected chi connectivity index (χ4v) is 2.93. The first-order chi connectivity index (χ1) is 9.95. The number of carbonyl (C=O) groups excluding carboxylic acids is 1. The van der Waals surface area contributed by atoms with Crippen molar-refractivity contribution in [2.24, 2.45) is 0 Å². The third-order valence-electron chi connectivity index (χ3n) is 4.52. The molecule has 114 valence electrons. The number of imidazole rings is 1. The molecule has 1 amide bonds. The minimum Gasteiger partial charge on any atom is -0.477 e. The zero-order chi connectivity index (χ0) is 15.1. The van der Waals surface area contributed by atoms with Crippen LogP contribution in [0.25, 0.3) is 0 Å². The van der Waals surface area contributed by atoms with Crippen LogP contribution in [-0.2, 0) is 15.1 Å². The van der Waals surface area contributed by atoms with E-state index in [9.17, 15) is 9.59 Å². The first-order valence-electron chi connectivity index (χ1n) is 7.21. The number of rotatable bonds is 4. The Morgan fingerprint density at radius 3 is 2.62 bits per heavy atom. The lowest BCUT2D eigenvalue weighted by Gasteiger charge is -2.42. The number of nitrogens with zero attached hydrogens (tertiary/aromatic N) is 1. The molecule has 1 aromatic rings. The Kier molecular flexibility index (Phi) is 3.24. The summed E-state index contributed by atoms with van der Waals surface area (Å²) in [6.07, 6.45) is 5.34. The van der Waals surface area contributed by atoms with E-state index in [0.717, 1.165) is 25.7 Å². The number of aromatic carboxylic acids is 1. The molecule has 1 saturated carbocycles. The number of hydrogen-bond donors (Lipinski definition) is 3. The van der Waals surface area contributed by atoms with E-state index >= 15 is 0 Å². The fraction of sp³-hybridized carbons (Fsp3) is 0.643. The number of amides is 1. The Labute approximate surface area is 122 Å². The van der Waals surface area contributed by atoms with Crippen molar-refractivity contribution in [3.05, 3.63) is 17.7 Å². The van der Waals surface area contributed by atoms with Gasteiger partial charge in [-0.25, -0.2) is 9.78 Å². The van der Waals surface area contributed by atoms with Gasteiger partial charge >= 0.3 is 5.97 Å². The van der Waals surface area contributed by atoms with E-state index in [4.69, 9.17) is 9.84 Å². The summed E-state index contributed by atoms with van der Waals surface area (Å²) in [5.41, 5.74) is -1.33. The molecule has 2 fully saturated rings. The lowest BCUT2D eigenvalue weighted by Crippen LogP contribution is -2.57. The van der Waals surface area contributed by atoms with E-state index in [2.05, 4.69) is 15.3 Å². The van der Waals surface area contributed by atoms with Crippen LogP contribution in [0.15, 0.2) is 6.20 Å². The molecule has 7 nitrogen and oxygen atoms in total.